The number of sulfonamides is 1. The van der Waals surface area contributed by atoms with Gasteiger partial charge in [0.25, 0.3) is 5.91 Å². The molecule has 1 aromatic carbocycles. The van der Waals surface area contributed by atoms with Crippen LogP contribution in [0.5, 0.6) is 0 Å². The molecule has 3 rings (SSSR count). The Balaban J connectivity index is 1.99. The normalized spacial score (nSPS) is 24.0. The minimum absolute atomic E-state index is 0.224. The molecule has 0 radical (unpaired) electrons. The average Bonchev–Trinajstić information content (AvgIpc) is 2.80. The molecular weight excluding hydrogens is 374 g/mol. The van der Waals surface area contributed by atoms with Gasteiger partial charge in [-0.25, -0.2) is 12.7 Å². The van der Waals surface area contributed by atoms with Crippen molar-refractivity contribution in [1.82, 2.24) is 4.31 Å². The third kappa shape index (κ3) is 3.47. The highest BCUT2D eigenvalue weighted by atomic mass is 32.2. The fourth-order valence-electron chi connectivity index (χ4n) is 3.27. The van der Waals surface area contributed by atoms with E-state index < -0.39 is 18.8 Å². The van der Waals surface area contributed by atoms with Crippen LogP contribution in [0.25, 0.3) is 0 Å². The molecule has 0 unspecified atom stereocenters. The molecule has 25 heavy (non-hydrogen) atoms. The minimum atomic E-state index is -3.71. The van der Waals surface area contributed by atoms with Crippen molar-refractivity contribution in [2.75, 3.05) is 11.5 Å². The van der Waals surface area contributed by atoms with E-state index in [2.05, 4.69) is 0 Å². The summed E-state index contributed by atoms with van der Waals surface area (Å²) in [7, 11) is -3.71. The van der Waals surface area contributed by atoms with Gasteiger partial charge in [0.05, 0.1) is 10.8 Å². The molecule has 138 valence electrons. The number of carbonyl (C=O) groups excluding carboxylic acids is 1. The van der Waals surface area contributed by atoms with Crippen molar-refractivity contribution in [2.45, 2.75) is 54.9 Å². The minimum Gasteiger partial charge on any atom is -0.271 e. The molecule has 1 amide bonds. The van der Waals surface area contributed by atoms with Crippen molar-refractivity contribution in [2.24, 2.45) is 0 Å². The van der Waals surface area contributed by atoms with Crippen LogP contribution in [-0.4, -0.2) is 45.0 Å². The number of nitrogens with zero attached hydrogens (tertiary/aromatic N) is 1. The van der Waals surface area contributed by atoms with Crippen molar-refractivity contribution < 1.29 is 13.2 Å². The Morgan fingerprint density at radius 3 is 2.32 bits per heavy atom. The van der Waals surface area contributed by atoms with Gasteiger partial charge in [-0.2, -0.15) is 0 Å². The van der Waals surface area contributed by atoms with Gasteiger partial charge in [-0.1, -0.05) is 30.3 Å². The van der Waals surface area contributed by atoms with Crippen molar-refractivity contribution >= 4 is 39.5 Å². The Labute approximate surface area is 159 Å². The molecule has 2 aliphatic rings. The summed E-state index contributed by atoms with van der Waals surface area (Å²) < 4.78 is 26.0. The lowest BCUT2D eigenvalue weighted by Gasteiger charge is -2.32. The topological polar surface area (TPSA) is 54.5 Å². The zero-order valence-electron chi connectivity index (χ0n) is 14.9. The van der Waals surface area contributed by atoms with Crippen LogP contribution in [0.2, 0.25) is 0 Å². The predicted molar refractivity (Wildman–Crippen MR) is 106 cm³/mol. The summed E-state index contributed by atoms with van der Waals surface area (Å²) in [4.78, 5) is 13.3. The van der Waals surface area contributed by atoms with Gasteiger partial charge in [-0.05, 0) is 50.7 Å². The molecule has 7 heteroatoms. The highest BCUT2D eigenvalue weighted by molar-refractivity contribution is 8.20. The van der Waals surface area contributed by atoms with Gasteiger partial charge < -0.3 is 0 Å². The van der Waals surface area contributed by atoms with Gasteiger partial charge in [0, 0.05) is 6.42 Å². The standard InChI is InChI=1S/C18H25NO3S3/c1-17(2,3)25(21,22)19-15(12-14-8-5-4-6-9-14)13-18(16(19)20)23-10-7-11-24-18/h4-6,8-9,15H,7,10-13H2,1-3H3/t15-/m0/s1. The van der Waals surface area contributed by atoms with E-state index >= 15 is 0 Å². The summed E-state index contributed by atoms with van der Waals surface area (Å²) >= 11 is 3.27. The largest absolute Gasteiger partial charge is 0.271 e. The van der Waals surface area contributed by atoms with Crippen LogP contribution in [0.1, 0.15) is 39.2 Å². The summed E-state index contributed by atoms with van der Waals surface area (Å²) in [6.07, 6.45) is 2.23. The van der Waals surface area contributed by atoms with Crippen LogP contribution >= 0.6 is 23.5 Å². The Morgan fingerprint density at radius 2 is 1.76 bits per heavy atom. The van der Waals surface area contributed by atoms with Crippen molar-refractivity contribution in [3.63, 3.8) is 0 Å². The SMILES string of the molecule is CC(C)(C)S(=O)(=O)N1C(=O)C2(C[C@@H]1Cc1ccccc1)SCCCS2. The van der Waals surface area contributed by atoms with Gasteiger partial charge in [-0.15, -0.1) is 23.5 Å². The maximum Gasteiger partial charge on any atom is 0.262 e. The molecule has 2 saturated heterocycles. The number of benzene rings is 1. The first-order valence-electron chi connectivity index (χ1n) is 8.58. The number of hydrogen-bond donors (Lipinski definition) is 0. The van der Waals surface area contributed by atoms with E-state index in [1.165, 1.54) is 4.31 Å². The highest BCUT2D eigenvalue weighted by Gasteiger charge is 2.58. The molecular formula is C18H25NO3S3. The highest BCUT2D eigenvalue weighted by Crippen LogP contribution is 2.53. The van der Waals surface area contributed by atoms with Crippen LogP contribution in [0.15, 0.2) is 30.3 Å². The van der Waals surface area contributed by atoms with Crippen molar-refractivity contribution in [1.29, 1.82) is 0 Å². The molecule has 0 bridgehead atoms. The summed E-state index contributed by atoms with van der Waals surface area (Å²) in [5.74, 6) is 1.61. The van der Waals surface area contributed by atoms with Gasteiger partial charge in [0.2, 0.25) is 10.0 Å². The predicted octanol–water partition coefficient (Wildman–Crippen LogP) is 3.52. The first kappa shape index (κ1) is 19.1. The molecule has 0 N–H and O–H groups in total. The van der Waals surface area contributed by atoms with E-state index in [0.29, 0.717) is 12.8 Å². The molecule has 0 aromatic heterocycles. The first-order valence-corrected chi connectivity index (χ1v) is 12.0. The van der Waals surface area contributed by atoms with Gasteiger partial charge in [-0.3, -0.25) is 4.79 Å². The molecule has 1 spiro atoms. The molecule has 2 aliphatic heterocycles. The molecule has 0 saturated carbocycles. The van der Waals surface area contributed by atoms with E-state index in [1.54, 1.807) is 44.3 Å². The van der Waals surface area contributed by atoms with Crippen molar-refractivity contribution in [3.05, 3.63) is 35.9 Å². The first-order chi connectivity index (χ1) is 11.7. The van der Waals surface area contributed by atoms with Gasteiger partial charge in [0.1, 0.15) is 4.08 Å². The maximum absolute atomic E-state index is 13.3. The smallest absolute Gasteiger partial charge is 0.262 e. The number of carbonyl (C=O) groups is 1. The van der Waals surface area contributed by atoms with Gasteiger partial charge >= 0.3 is 0 Å². The van der Waals surface area contributed by atoms with Crippen molar-refractivity contribution in [3.8, 4) is 0 Å². The Kier molecular flexibility index (Phi) is 5.21. The van der Waals surface area contributed by atoms with Crippen LogP contribution in [0.3, 0.4) is 0 Å². The second-order valence-corrected chi connectivity index (χ2v) is 13.2. The monoisotopic (exact) mass is 399 g/mol. The molecule has 2 fully saturated rings. The lowest BCUT2D eigenvalue weighted by molar-refractivity contribution is -0.124. The zero-order chi connectivity index (χ0) is 18.3. The fourth-order valence-corrected chi connectivity index (χ4v) is 8.21. The second-order valence-electron chi connectivity index (χ2n) is 7.57. The summed E-state index contributed by atoms with van der Waals surface area (Å²) in [5, 5.41) is 0. The molecule has 0 aliphatic carbocycles. The van der Waals surface area contributed by atoms with Crippen LogP contribution in [0, 0.1) is 0 Å². The fraction of sp³-hybridized carbons (Fsp3) is 0.611. The van der Waals surface area contributed by atoms with Gasteiger partial charge in [0.15, 0.2) is 0 Å². The van der Waals surface area contributed by atoms with E-state index in [0.717, 1.165) is 23.5 Å². The zero-order valence-corrected chi connectivity index (χ0v) is 17.3. The van der Waals surface area contributed by atoms with Crippen LogP contribution < -0.4 is 0 Å². The van der Waals surface area contributed by atoms with E-state index in [4.69, 9.17) is 0 Å². The van der Waals surface area contributed by atoms with E-state index in [9.17, 15) is 13.2 Å². The third-order valence-electron chi connectivity index (χ3n) is 4.67. The molecule has 4 nitrogen and oxygen atoms in total. The van der Waals surface area contributed by atoms with Crippen LogP contribution in [-0.2, 0) is 21.2 Å². The molecule has 1 aromatic rings. The lowest BCUT2D eigenvalue weighted by atomic mass is 10.0. The maximum atomic E-state index is 13.3. The number of amides is 1. The third-order valence-corrected chi connectivity index (χ3v) is 10.5. The summed E-state index contributed by atoms with van der Waals surface area (Å²) in [6.45, 7) is 5.00. The quantitative estimate of drug-likeness (QED) is 0.778. The summed E-state index contributed by atoms with van der Waals surface area (Å²) in [6, 6.07) is 9.54. The lowest BCUT2D eigenvalue weighted by Crippen LogP contribution is -2.49. The van der Waals surface area contributed by atoms with E-state index in [-0.39, 0.29) is 11.9 Å². The number of thioether (sulfide) groups is 2. The number of rotatable bonds is 3. The summed E-state index contributed by atoms with van der Waals surface area (Å²) in [5.41, 5.74) is 1.07. The Hall–Kier alpha value is -0.660. The number of hydrogen-bond acceptors (Lipinski definition) is 5. The molecule has 1 atom stereocenters. The van der Waals surface area contributed by atoms with E-state index in [1.807, 2.05) is 30.3 Å². The van der Waals surface area contributed by atoms with Crippen LogP contribution in [0.4, 0.5) is 0 Å². The Bertz CT molecular complexity index is 735. The Morgan fingerprint density at radius 1 is 1.16 bits per heavy atom. The molecule has 2 heterocycles. The average molecular weight is 400 g/mol. The second kappa shape index (κ2) is 6.82.